The molecule has 0 aliphatic heterocycles. The number of carboxylic acids is 1. The summed E-state index contributed by atoms with van der Waals surface area (Å²) in [4.78, 5) is 27.6. The molecule has 1 aromatic carbocycles. The van der Waals surface area contributed by atoms with Gasteiger partial charge in [-0.15, -0.1) is 0 Å². The second-order valence-corrected chi connectivity index (χ2v) is 7.82. The van der Waals surface area contributed by atoms with Gasteiger partial charge in [0.1, 0.15) is 11.8 Å². The molecule has 1 aliphatic carbocycles. The highest BCUT2D eigenvalue weighted by atomic mass is 19.3. The fourth-order valence-corrected chi connectivity index (χ4v) is 3.26. The van der Waals surface area contributed by atoms with Gasteiger partial charge in [-0.1, -0.05) is 32.0 Å². The molecule has 0 unspecified atom stereocenters. The van der Waals surface area contributed by atoms with Crippen molar-refractivity contribution in [3.05, 3.63) is 65.0 Å². The van der Waals surface area contributed by atoms with Crippen LogP contribution in [0, 0.1) is 5.92 Å². The van der Waals surface area contributed by atoms with Gasteiger partial charge in [-0.2, -0.15) is 0 Å². The molecule has 2 N–H and O–H groups in total. The zero-order valence-corrected chi connectivity index (χ0v) is 16.8. The summed E-state index contributed by atoms with van der Waals surface area (Å²) in [7, 11) is 0. The predicted molar refractivity (Wildman–Crippen MR) is 105 cm³/mol. The van der Waals surface area contributed by atoms with Crippen LogP contribution < -0.4 is 5.32 Å². The molecular formula is C22H24F2N2O4. The van der Waals surface area contributed by atoms with Crippen LogP contribution in [0.5, 0.6) is 0 Å². The van der Waals surface area contributed by atoms with Gasteiger partial charge >= 0.3 is 5.97 Å². The Kier molecular flexibility index (Phi) is 6.45. The Morgan fingerprint density at radius 3 is 2.30 bits per heavy atom. The fourth-order valence-electron chi connectivity index (χ4n) is 3.26. The number of hydrogen-bond acceptors (Lipinski definition) is 4. The van der Waals surface area contributed by atoms with Gasteiger partial charge in [-0.3, -0.25) is 9.78 Å². The first-order valence-electron chi connectivity index (χ1n) is 9.72. The van der Waals surface area contributed by atoms with Gasteiger partial charge in [0.15, 0.2) is 0 Å². The number of nitrogens with one attached hydrogen (secondary N) is 1. The van der Waals surface area contributed by atoms with Crippen molar-refractivity contribution in [1.29, 1.82) is 0 Å². The van der Waals surface area contributed by atoms with Crippen LogP contribution in [0.25, 0.3) is 0 Å². The molecule has 1 atom stereocenters. The van der Waals surface area contributed by atoms with Crippen LogP contribution in [-0.2, 0) is 21.7 Å². The Hall–Kier alpha value is -2.87. The normalized spacial score (nSPS) is 15.8. The second kappa shape index (κ2) is 8.87. The average Bonchev–Trinajstić information content (AvgIpc) is 3.48. The van der Waals surface area contributed by atoms with Crippen molar-refractivity contribution in [3.8, 4) is 0 Å². The van der Waals surface area contributed by atoms with Gasteiger partial charge in [0.2, 0.25) is 5.91 Å². The van der Waals surface area contributed by atoms with E-state index >= 15 is 0 Å². The molecule has 6 nitrogen and oxygen atoms in total. The Morgan fingerprint density at radius 2 is 1.83 bits per heavy atom. The molecule has 1 saturated carbocycles. The summed E-state index contributed by atoms with van der Waals surface area (Å²) in [6, 6.07) is 9.24. The molecule has 8 heteroatoms. The van der Waals surface area contributed by atoms with Crippen LogP contribution >= 0.6 is 0 Å². The monoisotopic (exact) mass is 418 g/mol. The fraction of sp³-hybridized carbons (Fsp3) is 0.409. The third-order valence-electron chi connectivity index (χ3n) is 5.16. The molecule has 1 aromatic heterocycles. The lowest BCUT2D eigenvalue weighted by atomic mass is 10.0. The molecule has 3 rings (SSSR count). The van der Waals surface area contributed by atoms with E-state index in [1.54, 1.807) is 12.1 Å². The minimum Gasteiger partial charge on any atom is -0.478 e. The quantitative estimate of drug-likeness (QED) is 0.641. The number of hydrogen-bond donors (Lipinski definition) is 2. The zero-order valence-electron chi connectivity index (χ0n) is 16.8. The molecule has 0 saturated heterocycles. The van der Waals surface area contributed by atoms with E-state index in [-0.39, 0.29) is 29.7 Å². The lowest BCUT2D eigenvalue weighted by Gasteiger charge is -2.25. The SMILES string of the molecule is CC(C)[C@@H](OCc1ccc(C(F)F)nc1)C(=O)NC1(c2ccc(C(=O)O)cc2)CC1. The van der Waals surface area contributed by atoms with E-state index in [9.17, 15) is 18.4 Å². The van der Waals surface area contributed by atoms with E-state index in [0.717, 1.165) is 18.4 Å². The maximum atomic E-state index is 12.9. The smallest absolute Gasteiger partial charge is 0.335 e. The number of aromatic nitrogens is 1. The van der Waals surface area contributed by atoms with Crippen molar-refractivity contribution in [1.82, 2.24) is 10.3 Å². The molecule has 0 spiro atoms. The number of pyridine rings is 1. The first-order valence-corrected chi connectivity index (χ1v) is 9.72. The van der Waals surface area contributed by atoms with Gasteiger partial charge in [0.05, 0.1) is 17.7 Å². The minimum absolute atomic E-state index is 0.0765. The molecule has 160 valence electrons. The number of benzene rings is 1. The van der Waals surface area contributed by atoms with Gasteiger partial charge in [0, 0.05) is 6.20 Å². The number of amides is 1. The summed E-state index contributed by atoms with van der Waals surface area (Å²) >= 11 is 0. The Bertz CT molecular complexity index is 894. The van der Waals surface area contributed by atoms with Gasteiger partial charge in [-0.05, 0) is 48.1 Å². The molecule has 1 amide bonds. The first-order chi connectivity index (χ1) is 14.2. The van der Waals surface area contributed by atoms with Crippen molar-refractivity contribution < 1.29 is 28.2 Å². The van der Waals surface area contributed by atoms with Crippen molar-refractivity contribution >= 4 is 11.9 Å². The van der Waals surface area contributed by atoms with Crippen LogP contribution in [-0.4, -0.2) is 28.1 Å². The van der Waals surface area contributed by atoms with Crippen LogP contribution in [0.3, 0.4) is 0 Å². The molecule has 30 heavy (non-hydrogen) atoms. The summed E-state index contributed by atoms with van der Waals surface area (Å²) < 4.78 is 31.0. The standard InChI is InChI=1S/C22H24F2N2O4/c1-13(2)18(30-12-14-3-8-17(19(23)24)25-11-14)20(27)26-22(9-10-22)16-6-4-15(5-7-16)21(28)29/h3-8,11,13,18-19H,9-10,12H2,1-2H3,(H,26,27)(H,28,29)/t18-/m1/s1. The van der Waals surface area contributed by atoms with Crippen LogP contribution in [0.4, 0.5) is 8.78 Å². The van der Waals surface area contributed by atoms with Crippen molar-refractivity contribution in [2.75, 3.05) is 0 Å². The van der Waals surface area contributed by atoms with E-state index in [1.807, 2.05) is 13.8 Å². The minimum atomic E-state index is -2.63. The maximum Gasteiger partial charge on any atom is 0.335 e. The number of aromatic carboxylic acids is 1. The number of rotatable bonds is 9. The van der Waals surface area contributed by atoms with E-state index in [4.69, 9.17) is 9.84 Å². The van der Waals surface area contributed by atoms with E-state index in [0.29, 0.717) is 5.56 Å². The number of carbonyl (C=O) groups excluding carboxylic acids is 1. The number of carbonyl (C=O) groups is 2. The van der Waals surface area contributed by atoms with E-state index in [2.05, 4.69) is 10.3 Å². The summed E-state index contributed by atoms with van der Waals surface area (Å²) in [5, 5.41) is 12.1. The molecule has 1 heterocycles. The third-order valence-corrected chi connectivity index (χ3v) is 5.16. The highest BCUT2D eigenvalue weighted by molar-refractivity contribution is 5.87. The van der Waals surface area contributed by atoms with Crippen molar-refractivity contribution in [2.45, 2.75) is 51.4 Å². The summed E-state index contributed by atoms with van der Waals surface area (Å²) in [5.41, 5.74) is 0.834. The van der Waals surface area contributed by atoms with Crippen LogP contribution in [0.15, 0.2) is 42.6 Å². The second-order valence-electron chi connectivity index (χ2n) is 7.82. The van der Waals surface area contributed by atoms with Crippen molar-refractivity contribution in [3.63, 3.8) is 0 Å². The lowest BCUT2D eigenvalue weighted by molar-refractivity contribution is -0.137. The van der Waals surface area contributed by atoms with Crippen molar-refractivity contribution in [2.24, 2.45) is 5.92 Å². The Balaban J connectivity index is 1.64. The number of carboxylic acid groups (broad SMARTS) is 1. The third kappa shape index (κ3) is 4.99. The maximum absolute atomic E-state index is 12.9. The lowest BCUT2D eigenvalue weighted by Crippen LogP contribution is -2.44. The molecule has 1 fully saturated rings. The van der Waals surface area contributed by atoms with Crippen LogP contribution in [0.1, 0.15) is 60.3 Å². The number of halogens is 2. The van der Waals surface area contributed by atoms with Gasteiger partial charge < -0.3 is 15.2 Å². The zero-order chi connectivity index (χ0) is 21.9. The molecule has 1 aliphatic rings. The predicted octanol–water partition coefficient (Wildman–Crippen LogP) is 4.06. The van der Waals surface area contributed by atoms with E-state index < -0.39 is 24.0 Å². The first kappa shape index (κ1) is 21.8. The highest BCUT2D eigenvalue weighted by Crippen LogP contribution is 2.45. The highest BCUT2D eigenvalue weighted by Gasteiger charge is 2.46. The molecular weight excluding hydrogens is 394 g/mol. The average molecular weight is 418 g/mol. The number of alkyl halides is 2. The van der Waals surface area contributed by atoms with Gasteiger partial charge in [-0.25, -0.2) is 13.6 Å². The topological polar surface area (TPSA) is 88.5 Å². The summed E-state index contributed by atoms with van der Waals surface area (Å²) in [6.07, 6.45) is -0.517. The molecule has 2 aromatic rings. The van der Waals surface area contributed by atoms with Gasteiger partial charge in [0.25, 0.3) is 6.43 Å². The largest absolute Gasteiger partial charge is 0.478 e. The number of nitrogens with zero attached hydrogens (tertiary/aromatic N) is 1. The van der Waals surface area contributed by atoms with Crippen LogP contribution in [0.2, 0.25) is 0 Å². The number of ether oxygens (including phenoxy) is 1. The Morgan fingerprint density at radius 1 is 1.17 bits per heavy atom. The van der Waals surface area contributed by atoms with E-state index in [1.165, 1.54) is 30.5 Å². The molecule has 0 bridgehead atoms. The summed E-state index contributed by atoms with van der Waals surface area (Å²) in [5.74, 6) is -1.37. The molecule has 0 radical (unpaired) electrons. The summed E-state index contributed by atoms with van der Waals surface area (Å²) in [6.45, 7) is 3.81. The Labute approximate surface area is 173 Å².